The van der Waals surface area contributed by atoms with Gasteiger partial charge in [-0.25, -0.2) is 4.98 Å². The second-order valence-electron chi connectivity index (χ2n) is 3.80. The smallest absolute Gasteiger partial charge is 0.125 e. The van der Waals surface area contributed by atoms with Crippen molar-refractivity contribution in [3.8, 4) is 10.6 Å². The van der Waals surface area contributed by atoms with Crippen LogP contribution < -0.4 is 5.32 Å². The lowest BCUT2D eigenvalue weighted by Gasteiger charge is -2.09. The van der Waals surface area contributed by atoms with Crippen molar-refractivity contribution >= 4 is 39.9 Å². The van der Waals surface area contributed by atoms with Gasteiger partial charge in [-0.2, -0.15) is 0 Å². The highest BCUT2D eigenvalue weighted by Crippen LogP contribution is 2.33. The maximum atomic E-state index is 6.17. The van der Waals surface area contributed by atoms with E-state index >= 15 is 0 Å². The normalized spacial score (nSPS) is 13.9. The lowest BCUT2D eigenvalue weighted by molar-refractivity contribution is 0.644. The van der Waals surface area contributed by atoms with E-state index in [0.717, 1.165) is 35.1 Å². The summed E-state index contributed by atoms with van der Waals surface area (Å²) in [7, 11) is 0. The molecule has 0 aliphatic carbocycles. The van der Waals surface area contributed by atoms with Crippen molar-refractivity contribution in [2.45, 2.75) is 13.0 Å². The summed E-state index contributed by atoms with van der Waals surface area (Å²) in [4.78, 5) is 6.02. The van der Waals surface area contributed by atoms with E-state index in [-0.39, 0.29) is 17.0 Å². The lowest BCUT2D eigenvalue weighted by atomic mass is 10.2. The topological polar surface area (TPSA) is 24.9 Å². The fraction of sp³-hybridized carbons (Fsp3) is 0.250. The molecule has 1 aliphatic rings. The fourth-order valence-electron chi connectivity index (χ4n) is 1.88. The Balaban J connectivity index is 0.00000108. The third-order valence-corrected chi connectivity index (χ3v) is 4.17. The number of hydrogen-bond donors (Lipinski definition) is 1. The predicted molar refractivity (Wildman–Crippen MR) is 78.3 cm³/mol. The van der Waals surface area contributed by atoms with Crippen molar-refractivity contribution in [1.29, 1.82) is 0 Å². The van der Waals surface area contributed by atoms with Gasteiger partial charge in [0.15, 0.2) is 0 Å². The summed E-state index contributed by atoms with van der Waals surface area (Å²) < 4.78 is 0. The first-order chi connectivity index (χ1) is 7.84. The van der Waals surface area contributed by atoms with Crippen LogP contribution in [-0.4, -0.2) is 11.5 Å². The van der Waals surface area contributed by atoms with Gasteiger partial charge in [0.1, 0.15) is 5.01 Å². The molecular weight excluding hydrogens is 320 g/mol. The number of halogens is 2. The number of hydrogen-bond acceptors (Lipinski definition) is 3. The van der Waals surface area contributed by atoms with Gasteiger partial charge in [-0.15, -0.1) is 28.3 Å². The van der Waals surface area contributed by atoms with Crippen molar-refractivity contribution in [3.63, 3.8) is 0 Å². The molecule has 17 heavy (non-hydrogen) atoms. The summed E-state index contributed by atoms with van der Waals surface area (Å²) in [5.74, 6) is 0. The van der Waals surface area contributed by atoms with Crippen LogP contribution in [0.5, 0.6) is 0 Å². The Morgan fingerprint density at radius 2 is 2.12 bits per heavy atom. The number of benzene rings is 1. The number of aromatic nitrogens is 1. The average Bonchev–Trinajstić information content (AvgIpc) is 2.73. The standard InChI is InChI=1S/C12H11ClN2S.BrH/c13-9-4-2-1-3-8(9)12-15-10-5-6-14-7-11(10)16-12;/h1-4,14H,5-7H2;1H. The van der Waals surface area contributed by atoms with Crippen molar-refractivity contribution in [2.24, 2.45) is 0 Å². The predicted octanol–water partition coefficient (Wildman–Crippen LogP) is 3.69. The number of rotatable bonds is 1. The van der Waals surface area contributed by atoms with E-state index in [1.807, 2.05) is 24.3 Å². The first-order valence-corrected chi connectivity index (χ1v) is 6.48. The van der Waals surface area contributed by atoms with Crippen LogP contribution >= 0.6 is 39.9 Å². The van der Waals surface area contributed by atoms with Gasteiger partial charge in [0.05, 0.1) is 10.7 Å². The lowest BCUT2D eigenvalue weighted by Crippen LogP contribution is -2.22. The van der Waals surface area contributed by atoms with Crippen LogP contribution in [0.1, 0.15) is 10.6 Å². The van der Waals surface area contributed by atoms with E-state index in [4.69, 9.17) is 11.6 Å². The van der Waals surface area contributed by atoms with E-state index in [9.17, 15) is 0 Å². The molecule has 0 radical (unpaired) electrons. The molecule has 2 heterocycles. The Morgan fingerprint density at radius 1 is 1.29 bits per heavy atom. The first kappa shape index (κ1) is 13.0. The Kier molecular flexibility index (Phi) is 4.20. The van der Waals surface area contributed by atoms with E-state index in [1.54, 1.807) is 11.3 Å². The summed E-state index contributed by atoms with van der Waals surface area (Å²) in [6.45, 7) is 1.97. The van der Waals surface area contributed by atoms with E-state index in [2.05, 4.69) is 10.3 Å². The van der Waals surface area contributed by atoms with Crippen LogP contribution in [0.15, 0.2) is 24.3 Å². The molecule has 1 aliphatic heterocycles. The van der Waals surface area contributed by atoms with Gasteiger partial charge in [0.2, 0.25) is 0 Å². The van der Waals surface area contributed by atoms with Crippen molar-refractivity contribution in [3.05, 3.63) is 39.9 Å². The molecule has 3 rings (SSSR count). The minimum Gasteiger partial charge on any atom is -0.311 e. The summed E-state index contributed by atoms with van der Waals surface area (Å²) in [5.41, 5.74) is 2.28. The third kappa shape index (κ3) is 2.55. The minimum absolute atomic E-state index is 0. The molecule has 0 saturated carbocycles. The number of nitrogens with zero attached hydrogens (tertiary/aromatic N) is 1. The molecule has 2 aromatic rings. The minimum atomic E-state index is 0. The molecule has 0 bridgehead atoms. The van der Waals surface area contributed by atoms with E-state index in [1.165, 1.54) is 10.6 Å². The Bertz CT molecular complexity index is 503. The summed E-state index contributed by atoms with van der Waals surface area (Å²) in [6.07, 6.45) is 1.02. The molecule has 1 aromatic carbocycles. The second-order valence-corrected chi connectivity index (χ2v) is 5.29. The summed E-state index contributed by atoms with van der Waals surface area (Å²) >= 11 is 7.92. The van der Waals surface area contributed by atoms with Gasteiger partial charge in [-0.1, -0.05) is 29.8 Å². The van der Waals surface area contributed by atoms with Crippen LogP contribution in [0.2, 0.25) is 5.02 Å². The summed E-state index contributed by atoms with van der Waals surface area (Å²) in [5, 5.41) is 5.18. The highest BCUT2D eigenvalue weighted by atomic mass is 79.9. The van der Waals surface area contributed by atoms with Gasteiger partial charge in [-0.05, 0) is 6.07 Å². The SMILES string of the molecule is Br.Clc1ccccc1-c1nc2c(s1)CNCC2. The number of nitrogens with one attached hydrogen (secondary N) is 1. The Labute approximate surface area is 120 Å². The van der Waals surface area contributed by atoms with Crippen molar-refractivity contribution < 1.29 is 0 Å². The largest absolute Gasteiger partial charge is 0.311 e. The van der Waals surface area contributed by atoms with E-state index < -0.39 is 0 Å². The quantitative estimate of drug-likeness (QED) is 0.862. The number of thiazole rings is 1. The molecule has 90 valence electrons. The van der Waals surface area contributed by atoms with Gasteiger partial charge in [-0.3, -0.25) is 0 Å². The molecule has 0 fully saturated rings. The Hall–Kier alpha value is -0.420. The van der Waals surface area contributed by atoms with Crippen LogP contribution in [0.4, 0.5) is 0 Å². The van der Waals surface area contributed by atoms with Crippen LogP contribution in [0.3, 0.4) is 0 Å². The monoisotopic (exact) mass is 330 g/mol. The van der Waals surface area contributed by atoms with Crippen LogP contribution in [0, 0.1) is 0 Å². The summed E-state index contributed by atoms with van der Waals surface area (Å²) in [6, 6.07) is 7.89. The average molecular weight is 332 g/mol. The van der Waals surface area contributed by atoms with Crippen molar-refractivity contribution in [1.82, 2.24) is 10.3 Å². The molecule has 0 unspecified atom stereocenters. The van der Waals surface area contributed by atoms with Gasteiger partial charge in [0.25, 0.3) is 0 Å². The fourth-order valence-corrected chi connectivity index (χ4v) is 3.27. The third-order valence-electron chi connectivity index (χ3n) is 2.71. The molecule has 1 N–H and O–H groups in total. The highest BCUT2D eigenvalue weighted by molar-refractivity contribution is 8.93. The highest BCUT2D eigenvalue weighted by Gasteiger charge is 2.16. The van der Waals surface area contributed by atoms with Crippen LogP contribution in [0.25, 0.3) is 10.6 Å². The van der Waals surface area contributed by atoms with Gasteiger partial charge < -0.3 is 5.32 Å². The first-order valence-electron chi connectivity index (χ1n) is 5.29. The zero-order chi connectivity index (χ0) is 11.0. The maximum Gasteiger partial charge on any atom is 0.125 e. The second kappa shape index (κ2) is 5.48. The molecule has 0 amide bonds. The van der Waals surface area contributed by atoms with Crippen LogP contribution in [-0.2, 0) is 13.0 Å². The van der Waals surface area contributed by atoms with E-state index in [0.29, 0.717) is 0 Å². The molecule has 0 atom stereocenters. The molecular formula is C12H12BrClN2S. The Morgan fingerprint density at radius 3 is 2.88 bits per heavy atom. The van der Waals surface area contributed by atoms with Gasteiger partial charge in [0, 0.05) is 30.0 Å². The zero-order valence-corrected chi connectivity index (χ0v) is 12.4. The molecule has 0 spiro atoms. The zero-order valence-electron chi connectivity index (χ0n) is 9.07. The molecule has 1 aromatic heterocycles. The maximum absolute atomic E-state index is 6.17. The number of fused-ring (bicyclic) bond motifs is 1. The molecule has 0 saturated heterocycles. The molecule has 2 nitrogen and oxygen atoms in total. The van der Waals surface area contributed by atoms with Crippen molar-refractivity contribution in [2.75, 3.05) is 6.54 Å². The molecule has 5 heteroatoms. The van der Waals surface area contributed by atoms with Gasteiger partial charge >= 0.3 is 0 Å².